The molecular formula is C15H26FNO5. The zero-order valence-corrected chi connectivity index (χ0v) is 13.7. The Hall–Kier alpha value is -1.37. The molecule has 0 aromatic rings. The van der Waals surface area contributed by atoms with Crippen LogP contribution in [0, 0.1) is 0 Å². The van der Waals surface area contributed by atoms with Crippen molar-refractivity contribution in [3.63, 3.8) is 0 Å². The predicted octanol–water partition coefficient (Wildman–Crippen LogP) is 2.04. The van der Waals surface area contributed by atoms with Crippen LogP contribution in [0.5, 0.6) is 0 Å². The molecule has 0 aromatic carbocycles. The van der Waals surface area contributed by atoms with Crippen molar-refractivity contribution >= 4 is 12.1 Å². The van der Waals surface area contributed by atoms with Gasteiger partial charge in [0.15, 0.2) is 0 Å². The lowest BCUT2D eigenvalue weighted by atomic mass is 9.90. The summed E-state index contributed by atoms with van der Waals surface area (Å²) in [6.45, 7) is 6.60. The molecule has 1 fully saturated rings. The summed E-state index contributed by atoms with van der Waals surface area (Å²) in [5.41, 5.74) is -0.751. The summed E-state index contributed by atoms with van der Waals surface area (Å²) in [6, 6.07) is -1.70. The first kappa shape index (κ1) is 18.7. The smallest absolute Gasteiger partial charge is 0.411 e. The third-order valence-corrected chi connectivity index (χ3v) is 3.37. The molecule has 1 saturated heterocycles. The number of halogens is 1. The average molecular weight is 319 g/mol. The second kappa shape index (κ2) is 7.76. The Kier molecular flexibility index (Phi) is 6.59. The molecule has 7 heteroatoms. The molecule has 22 heavy (non-hydrogen) atoms. The Balaban J connectivity index is 2.73. The largest absolute Gasteiger partial charge is 0.464 e. The van der Waals surface area contributed by atoms with E-state index in [0.29, 0.717) is 0 Å². The van der Waals surface area contributed by atoms with Gasteiger partial charge in [0.05, 0.1) is 19.3 Å². The highest BCUT2D eigenvalue weighted by Gasteiger charge is 2.51. The van der Waals surface area contributed by atoms with Crippen LogP contribution < -0.4 is 0 Å². The second-order valence-corrected chi connectivity index (χ2v) is 6.43. The summed E-state index contributed by atoms with van der Waals surface area (Å²) in [7, 11) is 0. The number of alkyl halides is 1. The molecule has 1 unspecified atom stereocenters. The molecule has 128 valence electrons. The third kappa shape index (κ3) is 4.83. The summed E-state index contributed by atoms with van der Waals surface area (Å²) in [5.74, 6) is -0.555. The van der Waals surface area contributed by atoms with Crippen LogP contribution in [-0.2, 0) is 14.3 Å². The minimum Gasteiger partial charge on any atom is -0.464 e. The molecular weight excluding hydrogens is 293 g/mol. The Morgan fingerprint density at radius 2 is 2.05 bits per heavy atom. The number of likely N-dealkylation sites (tertiary alicyclic amines) is 1. The molecule has 6 nitrogen and oxygen atoms in total. The van der Waals surface area contributed by atoms with E-state index in [1.165, 1.54) is 0 Å². The van der Waals surface area contributed by atoms with E-state index >= 15 is 0 Å². The fourth-order valence-corrected chi connectivity index (χ4v) is 2.19. The summed E-state index contributed by atoms with van der Waals surface area (Å²) in [5, 5.41) is 8.93. The van der Waals surface area contributed by atoms with E-state index in [9.17, 15) is 14.0 Å². The molecule has 0 spiro atoms. The molecule has 1 aliphatic heterocycles. The molecule has 3 atom stereocenters. The number of aliphatic hydroxyl groups excluding tert-OH is 1. The Bertz CT molecular complexity index is 396. The van der Waals surface area contributed by atoms with Gasteiger partial charge in [-0.1, -0.05) is 13.3 Å². The quantitative estimate of drug-likeness (QED) is 0.599. The van der Waals surface area contributed by atoms with Crippen molar-refractivity contribution in [1.29, 1.82) is 0 Å². The number of hydrogen-bond acceptors (Lipinski definition) is 5. The Morgan fingerprint density at radius 1 is 1.41 bits per heavy atom. The summed E-state index contributed by atoms with van der Waals surface area (Å²) < 4.78 is 24.0. The highest BCUT2D eigenvalue weighted by atomic mass is 19.1. The van der Waals surface area contributed by atoms with E-state index in [-0.39, 0.29) is 13.0 Å². The van der Waals surface area contributed by atoms with E-state index in [0.717, 1.165) is 17.7 Å². The topological polar surface area (TPSA) is 76.1 Å². The number of esters is 1. The monoisotopic (exact) mass is 319 g/mol. The maximum Gasteiger partial charge on any atom is 0.411 e. The summed E-state index contributed by atoms with van der Waals surface area (Å²) in [6.07, 6.45) is -0.625. The van der Waals surface area contributed by atoms with Gasteiger partial charge in [0.1, 0.15) is 17.8 Å². The van der Waals surface area contributed by atoms with Crippen LogP contribution in [0.15, 0.2) is 0 Å². The van der Waals surface area contributed by atoms with Crippen LogP contribution >= 0.6 is 0 Å². The number of amides is 1. The van der Waals surface area contributed by atoms with E-state index in [1.54, 1.807) is 20.8 Å². The molecule has 0 bridgehead atoms. The van der Waals surface area contributed by atoms with Crippen LogP contribution in [0.3, 0.4) is 0 Å². The fraction of sp³-hybridized carbons (Fsp3) is 0.867. The fourth-order valence-electron chi connectivity index (χ4n) is 2.19. The van der Waals surface area contributed by atoms with Gasteiger partial charge in [0.2, 0.25) is 0 Å². The zero-order chi connectivity index (χ0) is 16.9. The van der Waals surface area contributed by atoms with Gasteiger partial charge in [-0.2, -0.15) is 0 Å². The lowest BCUT2D eigenvalue weighted by Gasteiger charge is -2.47. The summed E-state index contributed by atoms with van der Waals surface area (Å²) in [4.78, 5) is 25.2. The molecule has 0 aromatic heterocycles. The molecule has 1 amide bonds. The van der Waals surface area contributed by atoms with Gasteiger partial charge in [-0.25, -0.2) is 14.0 Å². The molecule has 1 heterocycles. The SMILES string of the molecule is CCCCOC(=O)[C@@H]1CC([C@@H](F)CO)N1C(=O)OC(C)(C)C. The molecule has 1 rings (SSSR count). The van der Waals surface area contributed by atoms with Gasteiger partial charge in [-0.15, -0.1) is 0 Å². The van der Waals surface area contributed by atoms with E-state index in [1.807, 2.05) is 6.92 Å². The maximum atomic E-state index is 13.7. The van der Waals surface area contributed by atoms with Gasteiger partial charge >= 0.3 is 12.1 Å². The average Bonchev–Trinajstić information content (AvgIpc) is 2.35. The molecule has 1 aliphatic rings. The number of carbonyl (C=O) groups is 2. The van der Waals surface area contributed by atoms with Gasteiger partial charge in [0, 0.05) is 6.42 Å². The first-order valence-electron chi connectivity index (χ1n) is 7.64. The van der Waals surface area contributed by atoms with Crippen molar-refractivity contribution in [3.05, 3.63) is 0 Å². The molecule has 1 N–H and O–H groups in total. The lowest BCUT2D eigenvalue weighted by Crippen LogP contribution is -2.66. The first-order valence-corrected chi connectivity index (χ1v) is 7.64. The van der Waals surface area contributed by atoms with Gasteiger partial charge in [-0.05, 0) is 27.2 Å². The number of carbonyl (C=O) groups excluding carboxylic acids is 2. The maximum absolute atomic E-state index is 13.7. The van der Waals surface area contributed by atoms with E-state index in [2.05, 4.69) is 0 Å². The van der Waals surface area contributed by atoms with Crippen molar-refractivity contribution in [1.82, 2.24) is 4.90 Å². The predicted molar refractivity (Wildman–Crippen MR) is 78.1 cm³/mol. The van der Waals surface area contributed by atoms with Crippen LogP contribution in [0.25, 0.3) is 0 Å². The van der Waals surface area contributed by atoms with E-state index in [4.69, 9.17) is 14.6 Å². The number of hydrogen-bond donors (Lipinski definition) is 1. The minimum atomic E-state index is -1.60. The first-order chi connectivity index (χ1) is 10.2. The van der Waals surface area contributed by atoms with Crippen molar-refractivity contribution < 1.29 is 28.6 Å². The van der Waals surface area contributed by atoms with Crippen molar-refractivity contribution in [2.24, 2.45) is 0 Å². The Labute approximate surface area is 130 Å². The minimum absolute atomic E-state index is 0.131. The van der Waals surface area contributed by atoms with Crippen molar-refractivity contribution in [2.75, 3.05) is 13.2 Å². The number of unbranched alkanes of at least 4 members (excludes halogenated alkanes) is 1. The Morgan fingerprint density at radius 3 is 2.55 bits per heavy atom. The highest BCUT2D eigenvalue weighted by Crippen LogP contribution is 2.32. The standard InChI is InChI=1S/C15H26FNO5/c1-5-6-7-21-13(19)12-8-11(10(16)9-18)17(12)14(20)22-15(2,3)4/h10-12,18H,5-9H2,1-4H3/t10-,11?,12-/m0/s1. The number of nitrogens with zero attached hydrogens (tertiary/aromatic N) is 1. The number of ether oxygens (including phenoxy) is 2. The lowest BCUT2D eigenvalue weighted by molar-refractivity contribution is -0.161. The molecule has 0 radical (unpaired) electrons. The zero-order valence-electron chi connectivity index (χ0n) is 13.7. The van der Waals surface area contributed by atoms with Gasteiger partial charge in [-0.3, -0.25) is 4.90 Å². The van der Waals surface area contributed by atoms with Crippen molar-refractivity contribution in [2.45, 2.75) is 70.8 Å². The number of aliphatic hydroxyl groups is 1. The summed E-state index contributed by atoms with van der Waals surface area (Å²) >= 11 is 0. The second-order valence-electron chi connectivity index (χ2n) is 6.43. The van der Waals surface area contributed by atoms with Crippen LogP contribution in [0.4, 0.5) is 9.18 Å². The molecule has 0 aliphatic carbocycles. The molecule has 0 saturated carbocycles. The normalized spacial score (nSPS) is 22.7. The third-order valence-electron chi connectivity index (χ3n) is 3.37. The van der Waals surface area contributed by atoms with Crippen molar-refractivity contribution in [3.8, 4) is 0 Å². The highest BCUT2D eigenvalue weighted by molar-refractivity contribution is 5.84. The van der Waals surface area contributed by atoms with Gasteiger partial charge in [0.25, 0.3) is 0 Å². The van der Waals surface area contributed by atoms with Gasteiger partial charge < -0.3 is 14.6 Å². The van der Waals surface area contributed by atoms with E-state index < -0.39 is 42.5 Å². The van der Waals surface area contributed by atoms with Crippen LogP contribution in [-0.4, -0.2) is 59.1 Å². The van der Waals surface area contributed by atoms with Crippen LogP contribution in [0.2, 0.25) is 0 Å². The number of rotatable bonds is 6. The van der Waals surface area contributed by atoms with Crippen LogP contribution in [0.1, 0.15) is 47.0 Å².